The third-order valence-electron chi connectivity index (χ3n) is 3.61. The fraction of sp³-hybridized carbons (Fsp3) is 0.158. The molecule has 0 bridgehead atoms. The van der Waals surface area contributed by atoms with Gasteiger partial charge in [-0.25, -0.2) is 4.98 Å². The van der Waals surface area contributed by atoms with Gasteiger partial charge in [0.05, 0.1) is 17.6 Å². The Bertz CT molecular complexity index is 851. The summed E-state index contributed by atoms with van der Waals surface area (Å²) in [6, 6.07) is 16.5. The van der Waals surface area contributed by atoms with Gasteiger partial charge in [-0.05, 0) is 37.1 Å². The van der Waals surface area contributed by atoms with Crippen LogP contribution in [0, 0.1) is 13.8 Å². The van der Waals surface area contributed by atoms with E-state index in [0.29, 0.717) is 0 Å². The van der Waals surface area contributed by atoms with E-state index < -0.39 is 0 Å². The summed E-state index contributed by atoms with van der Waals surface area (Å²) < 4.78 is 2.09. The van der Waals surface area contributed by atoms with Crippen molar-refractivity contribution in [2.75, 3.05) is 5.75 Å². The van der Waals surface area contributed by atoms with Gasteiger partial charge in [0.25, 0.3) is 0 Å². The number of hydrogen-bond acceptors (Lipinski definition) is 3. The lowest BCUT2D eigenvalue weighted by Crippen LogP contribution is -2.13. The Morgan fingerprint density at radius 1 is 1.12 bits per heavy atom. The maximum absolute atomic E-state index is 11.2. The highest BCUT2D eigenvalue weighted by Gasteiger charge is 2.15. The lowest BCUT2D eigenvalue weighted by molar-refractivity contribution is -0.115. The van der Waals surface area contributed by atoms with E-state index in [1.807, 2.05) is 24.4 Å². The Hall–Kier alpha value is -2.53. The van der Waals surface area contributed by atoms with Crippen LogP contribution in [0.25, 0.3) is 16.9 Å². The number of rotatable bonds is 5. The number of primary amides is 1. The Labute approximate surface area is 145 Å². The van der Waals surface area contributed by atoms with Crippen LogP contribution in [0.3, 0.4) is 0 Å². The van der Waals surface area contributed by atoms with Crippen LogP contribution in [0.2, 0.25) is 0 Å². The SMILES string of the molecule is Cc1cc(C)cc(-n2c(-c3ccccc3)cnc2SCC(N)=O)c1. The summed E-state index contributed by atoms with van der Waals surface area (Å²) in [5, 5.41) is 0.762. The van der Waals surface area contributed by atoms with E-state index in [2.05, 4.69) is 53.7 Å². The van der Waals surface area contributed by atoms with Gasteiger partial charge in [0.2, 0.25) is 5.91 Å². The second-order valence-corrected chi connectivity index (χ2v) is 6.67. The number of hydrogen-bond donors (Lipinski definition) is 1. The van der Waals surface area contributed by atoms with Gasteiger partial charge >= 0.3 is 0 Å². The number of nitrogens with zero attached hydrogens (tertiary/aromatic N) is 2. The van der Waals surface area contributed by atoms with Crippen LogP contribution in [0.15, 0.2) is 59.9 Å². The van der Waals surface area contributed by atoms with Crippen molar-refractivity contribution < 1.29 is 4.79 Å². The van der Waals surface area contributed by atoms with Crippen molar-refractivity contribution in [3.63, 3.8) is 0 Å². The fourth-order valence-corrected chi connectivity index (χ4v) is 3.45. The molecule has 1 heterocycles. The molecule has 5 heteroatoms. The zero-order chi connectivity index (χ0) is 17.1. The summed E-state index contributed by atoms with van der Waals surface area (Å²) >= 11 is 1.35. The highest BCUT2D eigenvalue weighted by Crippen LogP contribution is 2.30. The van der Waals surface area contributed by atoms with Gasteiger partial charge in [0.1, 0.15) is 0 Å². The molecule has 2 N–H and O–H groups in total. The van der Waals surface area contributed by atoms with Crippen molar-refractivity contribution >= 4 is 17.7 Å². The fourth-order valence-electron chi connectivity index (χ4n) is 2.71. The van der Waals surface area contributed by atoms with Crippen LogP contribution in [0.4, 0.5) is 0 Å². The topological polar surface area (TPSA) is 60.9 Å². The highest BCUT2D eigenvalue weighted by atomic mass is 32.2. The Kier molecular flexibility index (Phi) is 4.71. The van der Waals surface area contributed by atoms with Crippen LogP contribution in [-0.2, 0) is 4.79 Å². The van der Waals surface area contributed by atoms with E-state index in [-0.39, 0.29) is 11.7 Å². The van der Waals surface area contributed by atoms with Crippen molar-refractivity contribution in [1.82, 2.24) is 9.55 Å². The molecule has 2 aromatic carbocycles. The average Bonchev–Trinajstić information content (AvgIpc) is 2.96. The number of carbonyl (C=O) groups is 1. The summed E-state index contributed by atoms with van der Waals surface area (Å²) in [4.78, 5) is 15.7. The first-order valence-electron chi connectivity index (χ1n) is 7.67. The Morgan fingerprint density at radius 3 is 2.42 bits per heavy atom. The molecule has 122 valence electrons. The van der Waals surface area contributed by atoms with Gasteiger partial charge in [0.15, 0.2) is 5.16 Å². The standard InChI is InChI=1S/C19H19N3OS/c1-13-8-14(2)10-16(9-13)22-17(15-6-4-3-5-7-15)11-21-19(22)24-12-18(20)23/h3-11H,12H2,1-2H3,(H2,20,23). The van der Waals surface area contributed by atoms with Crippen LogP contribution >= 0.6 is 11.8 Å². The molecule has 3 rings (SSSR count). The van der Waals surface area contributed by atoms with Gasteiger partial charge in [-0.15, -0.1) is 0 Å². The number of aryl methyl sites for hydroxylation is 2. The molecule has 0 aliphatic rings. The van der Waals surface area contributed by atoms with Crippen LogP contribution in [0.1, 0.15) is 11.1 Å². The summed E-state index contributed by atoms with van der Waals surface area (Å²) in [6.45, 7) is 4.15. The van der Waals surface area contributed by atoms with Crippen molar-refractivity contribution in [3.8, 4) is 16.9 Å². The summed E-state index contributed by atoms with van der Waals surface area (Å²) in [5.74, 6) is -0.146. The van der Waals surface area contributed by atoms with Crippen LogP contribution in [-0.4, -0.2) is 21.2 Å². The van der Waals surface area contributed by atoms with E-state index in [0.717, 1.165) is 22.1 Å². The molecule has 0 unspecified atom stereocenters. The molecule has 3 aromatic rings. The molecule has 0 aliphatic heterocycles. The lowest BCUT2D eigenvalue weighted by atomic mass is 10.1. The highest BCUT2D eigenvalue weighted by molar-refractivity contribution is 7.99. The second kappa shape index (κ2) is 6.93. The first kappa shape index (κ1) is 16.3. The molecule has 0 fully saturated rings. The van der Waals surface area contributed by atoms with E-state index in [9.17, 15) is 4.79 Å². The minimum Gasteiger partial charge on any atom is -0.369 e. The number of aromatic nitrogens is 2. The first-order chi connectivity index (χ1) is 11.5. The zero-order valence-corrected chi connectivity index (χ0v) is 14.5. The molecule has 24 heavy (non-hydrogen) atoms. The second-order valence-electron chi connectivity index (χ2n) is 5.73. The molecule has 4 nitrogen and oxygen atoms in total. The van der Waals surface area contributed by atoms with Crippen molar-refractivity contribution in [3.05, 3.63) is 65.9 Å². The molecular weight excluding hydrogens is 318 g/mol. The lowest BCUT2D eigenvalue weighted by Gasteiger charge is -2.13. The van der Waals surface area contributed by atoms with E-state index in [1.165, 1.54) is 22.9 Å². The van der Waals surface area contributed by atoms with Crippen LogP contribution < -0.4 is 5.73 Å². The number of thioether (sulfide) groups is 1. The van der Waals surface area contributed by atoms with Gasteiger partial charge in [-0.1, -0.05) is 48.2 Å². The molecule has 0 radical (unpaired) electrons. The number of carbonyl (C=O) groups excluding carboxylic acids is 1. The maximum atomic E-state index is 11.2. The number of benzene rings is 2. The molecule has 0 atom stereocenters. The van der Waals surface area contributed by atoms with Gasteiger partial charge in [-0.3, -0.25) is 9.36 Å². The van der Waals surface area contributed by atoms with Crippen molar-refractivity contribution in [1.29, 1.82) is 0 Å². The Morgan fingerprint density at radius 2 is 1.79 bits per heavy atom. The number of imidazole rings is 1. The molecule has 1 aromatic heterocycles. The van der Waals surface area contributed by atoms with Gasteiger partial charge in [-0.2, -0.15) is 0 Å². The minimum atomic E-state index is -0.351. The van der Waals surface area contributed by atoms with Gasteiger partial charge < -0.3 is 5.73 Å². The first-order valence-corrected chi connectivity index (χ1v) is 8.66. The third-order valence-corrected chi connectivity index (χ3v) is 4.58. The summed E-state index contributed by atoms with van der Waals surface area (Å²) in [6.07, 6.45) is 1.84. The Balaban J connectivity index is 2.15. The quantitative estimate of drug-likeness (QED) is 0.722. The van der Waals surface area contributed by atoms with E-state index >= 15 is 0 Å². The smallest absolute Gasteiger partial charge is 0.227 e. The maximum Gasteiger partial charge on any atom is 0.227 e. The largest absolute Gasteiger partial charge is 0.369 e. The zero-order valence-electron chi connectivity index (χ0n) is 13.7. The number of nitrogens with two attached hydrogens (primary N) is 1. The molecule has 0 spiro atoms. The van der Waals surface area contributed by atoms with Gasteiger partial charge in [0, 0.05) is 11.3 Å². The normalized spacial score (nSPS) is 10.8. The monoisotopic (exact) mass is 337 g/mol. The molecular formula is C19H19N3OS. The predicted molar refractivity (Wildman–Crippen MR) is 98.4 cm³/mol. The average molecular weight is 337 g/mol. The minimum absolute atomic E-state index is 0.204. The van der Waals surface area contributed by atoms with Crippen molar-refractivity contribution in [2.45, 2.75) is 19.0 Å². The molecule has 0 saturated heterocycles. The number of amides is 1. The molecule has 0 saturated carbocycles. The molecule has 0 aliphatic carbocycles. The third kappa shape index (κ3) is 3.51. The summed E-state index contributed by atoms with van der Waals surface area (Å²) in [7, 11) is 0. The van der Waals surface area contributed by atoms with E-state index in [4.69, 9.17) is 5.73 Å². The van der Waals surface area contributed by atoms with E-state index in [1.54, 1.807) is 0 Å². The van der Waals surface area contributed by atoms with Crippen LogP contribution in [0.5, 0.6) is 0 Å². The predicted octanol–water partition coefficient (Wildman–Crippen LogP) is 3.73. The summed E-state index contributed by atoms with van der Waals surface area (Å²) in [5.41, 5.74) is 10.8. The molecule has 1 amide bonds. The van der Waals surface area contributed by atoms with Crippen molar-refractivity contribution in [2.24, 2.45) is 5.73 Å².